The third-order valence-corrected chi connectivity index (χ3v) is 2.52. The molecule has 5 nitrogen and oxygen atoms in total. The molecule has 0 bridgehead atoms. The highest BCUT2D eigenvalue weighted by Gasteiger charge is 2.04. The molecule has 1 aromatic carbocycles. The van der Waals surface area contributed by atoms with Gasteiger partial charge in [-0.3, -0.25) is 0 Å². The van der Waals surface area contributed by atoms with Crippen LogP contribution in [0.1, 0.15) is 22.8 Å². The average molecular weight is 243 g/mol. The number of aromatic nitrogens is 2. The molecule has 0 spiro atoms. The first-order valence-electron chi connectivity index (χ1n) is 5.60. The lowest BCUT2D eigenvalue weighted by Crippen LogP contribution is -2.02. The average Bonchev–Trinajstić information content (AvgIpc) is 2.40. The van der Waals surface area contributed by atoms with Gasteiger partial charge in [-0.05, 0) is 24.1 Å². The predicted octanol–water partition coefficient (Wildman–Crippen LogP) is 2.48. The second kappa shape index (κ2) is 5.27. The van der Waals surface area contributed by atoms with Crippen LogP contribution in [-0.4, -0.2) is 21.0 Å². The van der Waals surface area contributed by atoms with Crippen LogP contribution in [0.5, 0.6) is 0 Å². The maximum absolute atomic E-state index is 10.6. The number of carboxylic acid groups (broad SMARTS) is 1. The summed E-state index contributed by atoms with van der Waals surface area (Å²) in [7, 11) is 0. The van der Waals surface area contributed by atoms with E-state index in [1.54, 1.807) is 0 Å². The topological polar surface area (TPSA) is 75.1 Å². The summed E-state index contributed by atoms with van der Waals surface area (Å²) in [5, 5.41) is 11.7. The first-order chi connectivity index (χ1) is 8.69. The quantitative estimate of drug-likeness (QED) is 0.862. The summed E-state index contributed by atoms with van der Waals surface area (Å²) in [5.41, 5.74) is 2.19. The van der Waals surface area contributed by atoms with Crippen LogP contribution in [0.4, 0.5) is 11.6 Å². The zero-order chi connectivity index (χ0) is 13.0. The zero-order valence-electron chi connectivity index (χ0n) is 9.92. The van der Waals surface area contributed by atoms with E-state index in [0.717, 1.165) is 12.1 Å². The predicted molar refractivity (Wildman–Crippen MR) is 68.1 cm³/mol. The summed E-state index contributed by atoms with van der Waals surface area (Å²) in [5.74, 6) is -0.655. The van der Waals surface area contributed by atoms with Crippen molar-refractivity contribution in [1.29, 1.82) is 0 Å². The van der Waals surface area contributed by atoms with Crippen LogP contribution in [0.2, 0.25) is 0 Å². The van der Waals surface area contributed by atoms with Crippen LogP contribution < -0.4 is 5.32 Å². The van der Waals surface area contributed by atoms with Crippen molar-refractivity contribution in [2.45, 2.75) is 13.3 Å². The van der Waals surface area contributed by atoms with E-state index in [1.165, 1.54) is 18.0 Å². The normalized spacial score (nSPS) is 10.1. The molecule has 0 aliphatic carbocycles. The number of aryl methyl sites for hydroxylation is 1. The number of nitrogens with one attached hydrogen (secondary N) is 1. The molecule has 0 fully saturated rings. The van der Waals surface area contributed by atoms with E-state index in [1.807, 2.05) is 24.3 Å². The van der Waals surface area contributed by atoms with E-state index in [-0.39, 0.29) is 5.56 Å². The van der Waals surface area contributed by atoms with Gasteiger partial charge in [0, 0.05) is 18.1 Å². The number of benzene rings is 1. The molecule has 2 N–H and O–H groups in total. The van der Waals surface area contributed by atoms with Gasteiger partial charge in [-0.15, -0.1) is 0 Å². The molecule has 0 radical (unpaired) electrons. The van der Waals surface area contributed by atoms with Gasteiger partial charge in [-0.2, -0.15) is 0 Å². The molecule has 5 heteroatoms. The van der Waals surface area contributed by atoms with Crippen LogP contribution in [0.3, 0.4) is 0 Å². The van der Waals surface area contributed by atoms with Gasteiger partial charge in [0.15, 0.2) is 0 Å². The summed E-state index contributed by atoms with van der Waals surface area (Å²) < 4.78 is 0. The molecule has 0 atom stereocenters. The molecule has 92 valence electrons. The van der Waals surface area contributed by atoms with Crippen molar-refractivity contribution in [1.82, 2.24) is 9.97 Å². The minimum Gasteiger partial charge on any atom is -0.478 e. The minimum absolute atomic E-state index is 0.0712. The Balaban J connectivity index is 2.10. The highest BCUT2D eigenvalue weighted by Crippen LogP contribution is 2.14. The van der Waals surface area contributed by atoms with Gasteiger partial charge in [0.1, 0.15) is 0 Å². The van der Waals surface area contributed by atoms with E-state index < -0.39 is 5.97 Å². The number of hydrogen-bond donors (Lipinski definition) is 2. The molecule has 0 saturated carbocycles. The van der Waals surface area contributed by atoms with E-state index in [2.05, 4.69) is 22.2 Å². The Bertz CT molecular complexity index is 535. The van der Waals surface area contributed by atoms with E-state index >= 15 is 0 Å². The van der Waals surface area contributed by atoms with Crippen molar-refractivity contribution in [3.8, 4) is 0 Å². The SMILES string of the molecule is CCc1ccc(Nc2ncc(C(=O)O)cn2)cc1. The maximum atomic E-state index is 10.6. The Labute approximate surface area is 105 Å². The van der Waals surface area contributed by atoms with E-state index in [0.29, 0.717) is 5.95 Å². The first kappa shape index (κ1) is 12.0. The van der Waals surface area contributed by atoms with Crippen molar-refractivity contribution < 1.29 is 9.90 Å². The molecule has 0 aliphatic rings. The van der Waals surface area contributed by atoms with E-state index in [9.17, 15) is 4.79 Å². The number of aromatic carboxylic acids is 1. The van der Waals surface area contributed by atoms with Crippen molar-refractivity contribution >= 4 is 17.6 Å². The molecule has 0 amide bonds. The lowest BCUT2D eigenvalue weighted by Gasteiger charge is -2.05. The van der Waals surface area contributed by atoms with Crippen LogP contribution in [0.25, 0.3) is 0 Å². The third kappa shape index (κ3) is 2.82. The van der Waals surface area contributed by atoms with Crippen molar-refractivity contribution in [3.05, 3.63) is 47.8 Å². The van der Waals surface area contributed by atoms with Gasteiger partial charge in [-0.1, -0.05) is 19.1 Å². The van der Waals surface area contributed by atoms with Gasteiger partial charge in [0.2, 0.25) is 5.95 Å². The van der Waals surface area contributed by atoms with Gasteiger partial charge in [0.05, 0.1) is 5.56 Å². The number of hydrogen-bond acceptors (Lipinski definition) is 4. The van der Waals surface area contributed by atoms with Gasteiger partial charge in [-0.25, -0.2) is 14.8 Å². The number of nitrogens with zero attached hydrogens (tertiary/aromatic N) is 2. The molecule has 1 aromatic heterocycles. The smallest absolute Gasteiger partial charge is 0.338 e. The Morgan fingerprint density at radius 3 is 2.33 bits per heavy atom. The molecular weight excluding hydrogens is 230 g/mol. The molecule has 18 heavy (non-hydrogen) atoms. The fourth-order valence-electron chi connectivity index (χ4n) is 1.46. The molecule has 0 aliphatic heterocycles. The fraction of sp³-hybridized carbons (Fsp3) is 0.154. The first-order valence-corrected chi connectivity index (χ1v) is 5.60. The Morgan fingerprint density at radius 2 is 1.83 bits per heavy atom. The molecule has 0 saturated heterocycles. The summed E-state index contributed by atoms with van der Waals surface area (Å²) in [6, 6.07) is 7.92. The minimum atomic E-state index is -1.03. The molecule has 2 rings (SSSR count). The maximum Gasteiger partial charge on any atom is 0.338 e. The highest BCUT2D eigenvalue weighted by atomic mass is 16.4. The third-order valence-electron chi connectivity index (χ3n) is 2.52. The summed E-state index contributed by atoms with van der Waals surface area (Å²) in [6.45, 7) is 2.09. The van der Waals surface area contributed by atoms with Crippen LogP contribution in [0, 0.1) is 0 Å². The van der Waals surface area contributed by atoms with Gasteiger partial charge >= 0.3 is 5.97 Å². The lowest BCUT2D eigenvalue weighted by atomic mass is 10.1. The highest BCUT2D eigenvalue weighted by molar-refractivity contribution is 5.86. The van der Waals surface area contributed by atoms with Crippen molar-refractivity contribution in [2.75, 3.05) is 5.32 Å². The molecule has 1 heterocycles. The standard InChI is InChI=1S/C13H13N3O2/c1-2-9-3-5-11(6-4-9)16-13-14-7-10(8-15-13)12(17)18/h3-8H,2H2,1H3,(H,17,18)(H,14,15,16). The number of carbonyl (C=O) groups is 1. The molecular formula is C13H13N3O2. The largest absolute Gasteiger partial charge is 0.478 e. The Hall–Kier alpha value is -2.43. The van der Waals surface area contributed by atoms with Crippen LogP contribution >= 0.6 is 0 Å². The lowest BCUT2D eigenvalue weighted by molar-refractivity contribution is 0.0696. The summed E-state index contributed by atoms with van der Waals surface area (Å²) >= 11 is 0. The zero-order valence-corrected chi connectivity index (χ0v) is 9.92. The summed E-state index contributed by atoms with van der Waals surface area (Å²) in [6.07, 6.45) is 3.54. The number of rotatable bonds is 4. The van der Waals surface area contributed by atoms with Gasteiger partial charge < -0.3 is 10.4 Å². The fourth-order valence-corrected chi connectivity index (χ4v) is 1.46. The number of carboxylic acids is 1. The Morgan fingerprint density at radius 1 is 1.22 bits per heavy atom. The number of anilines is 2. The van der Waals surface area contributed by atoms with Crippen molar-refractivity contribution in [2.24, 2.45) is 0 Å². The van der Waals surface area contributed by atoms with E-state index in [4.69, 9.17) is 5.11 Å². The Kier molecular flexibility index (Phi) is 3.52. The second-order valence-corrected chi connectivity index (χ2v) is 3.78. The van der Waals surface area contributed by atoms with Crippen LogP contribution in [-0.2, 0) is 6.42 Å². The van der Waals surface area contributed by atoms with Crippen molar-refractivity contribution in [3.63, 3.8) is 0 Å². The molecule has 0 unspecified atom stereocenters. The second-order valence-electron chi connectivity index (χ2n) is 3.78. The van der Waals surface area contributed by atoms with Gasteiger partial charge in [0.25, 0.3) is 0 Å². The molecule has 2 aromatic rings. The monoisotopic (exact) mass is 243 g/mol. The van der Waals surface area contributed by atoms with Crippen LogP contribution in [0.15, 0.2) is 36.7 Å². The summed E-state index contributed by atoms with van der Waals surface area (Å²) in [4.78, 5) is 18.5.